The highest BCUT2D eigenvalue weighted by Crippen LogP contribution is 2.37. The molecule has 1 saturated heterocycles. The van der Waals surface area contributed by atoms with Crippen LogP contribution in [0.3, 0.4) is 0 Å². The lowest BCUT2D eigenvalue weighted by Gasteiger charge is -2.31. The Bertz CT molecular complexity index is 1550. The van der Waals surface area contributed by atoms with Gasteiger partial charge in [0.15, 0.2) is 5.13 Å². The monoisotopic (exact) mass is 673 g/mol. The third-order valence-electron chi connectivity index (χ3n) is 8.57. The van der Waals surface area contributed by atoms with Gasteiger partial charge < -0.3 is 30.1 Å². The molecule has 46 heavy (non-hydrogen) atoms. The summed E-state index contributed by atoms with van der Waals surface area (Å²) in [6, 6.07) is 13.7. The summed E-state index contributed by atoms with van der Waals surface area (Å²) < 4.78 is 41.9. The number of amides is 1. The Labute approximate surface area is 276 Å². The van der Waals surface area contributed by atoms with Gasteiger partial charge in [0.1, 0.15) is 6.10 Å². The summed E-state index contributed by atoms with van der Waals surface area (Å²) in [6.45, 7) is 5.80. The number of ether oxygens (including phenoxy) is 2. The maximum Gasteiger partial charge on any atom is 0.407 e. The Kier molecular flexibility index (Phi) is 11.6. The van der Waals surface area contributed by atoms with Crippen molar-refractivity contribution in [3.05, 3.63) is 54.1 Å². The van der Waals surface area contributed by atoms with Crippen LogP contribution in [0, 0.1) is 11.8 Å². The quantitative estimate of drug-likeness (QED) is 0.217. The number of nitrogens with one attached hydrogen (secondary N) is 2. The summed E-state index contributed by atoms with van der Waals surface area (Å²) in [5, 5.41) is 18.5. The number of likely N-dealkylation sites (N-methyl/N-ethyl adjacent to an activating group) is 1. The number of fused-ring (bicyclic) bond motifs is 2. The van der Waals surface area contributed by atoms with Crippen LogP contribution in [0.1, 0.15) is 38.7 Å². The Morgan fingerprint density at radius 3 is 2.67 bits per heavy atom. The maximum atomic E-state index is 14.1. The smallest absolute Gasteiger partial charge is 0.407 e. The van der Waals surface area contributed by atoms with E-state index in [4.69, 9.17) is 9.47 Å². The number of nitrogens with zero attached hydrogens (tertiary/aromatic N) is 3. The number of carbonyl (C=O) groups excluding carboxylic acids is 1. The van der Waals surface area contributed by atoms with E-state index >= 15 is 0 Å². The van der Waals surface area contributed by atoms with Crippen LogP contribution in [0.5, 0.6) is 0 Å². The zero-order valence-electron chi connectivity index (χ0n) is 27.1. The first-order chi connectivity index (χ1) is 22.0. The second-order valence-corrected chi connectivity index (χ2v) is 16.0. The molecule has 1 aliphatic carbocycles. The van der Waals surface area contributed by atoms with E-state index in [0.29, 0.717) is 18.5 Å². The summed E-state index contributed by atoms with van der Waals surface area (Å²) in [5.74, 6) is 0.185. The van der Waals surface area contributed by atoms with Gasteiger partial charge in [0.05, 0.1) is 40.0 Å². The van der Waals surface area contributed by atoms with Gasteiger partial charge in [0.25, 0.3) is 0 Å². The first-order valence-corrected chi connectivity index (χ1v) is 18.4. The fourth-order valence-corrected chi connectivity index (χ4v) is 8.87. The second-order valence-electron chi connectivity index (χ2n) is 13.0. The summed E-state index contributed by atoms with van der Waals surface area (Å²) in [4.78, 5) is 20.0. The van der Waals surface area contributed by atoms with Gasteiger partial charge in [0, 0.05) is 32.1 Å². The van der Waals surface area contributed by atoms with Crippen molar-refractivity contribution in [2.45, 2.75) is 68.8 Å². The molecule has 1 aliphatic heterocycles. The number of thiazole rings is 1. The van der Waals surface area contributed by atoms with E-state index in [9.17, 15) is 18.3 Å². The van der Waals surface area contributed by atoms with Crippen molar-refractivity contribution in [1.29, 1.82) is 0 Å². The SMILES string of the molecule is CC(C)CN(CC(O)C(Cc1ccccc1)NC(=O)OC1COC2CCCC21)S(=O)(=O)c1ccc2nc(NCCN(C)C)sc2c1. The Morgan fingerprint density at radius 1 is 1.15 bits per heavy atom. The minimum Gasteiger partial charge on any atom is -0.443 e. The third-order valence-corrected chi connectivity index (χ3v) is 11.4. The van der Waals surface area contributed by atoms with Crippen LogP contribution >= 0.6 is 11.3 Å². The van der Waals surface area contributed by atoms with Crippen molar-refractivity contribution in [2.75, 3.05) is 52.2 Å². The topological polar surface area (TPSA) is 133 Å². The summed E-state index contributed by atoms with van der Waals surface area (Å²) >= 11 is 1.41. The number of aliphatic hydroxyl groups excluding tert-OH is 1. The predicted octanol–water partition coefficient (Wildman–Crippen LogP) is 4.18. The molecule has 1 amide bonds. The lowest BCUT2D eigenvalue weighted by molar-refractivity contribution is 0.0518. The van der Waals surface area contributed by atoms with Gasteiger partial charge in [-0.1, -0.05) is 61.9 Å². The highest BCUT2D eigenvalue weighted by molar-refractivity contribution is 7.89. The number of aliphatic hydroxyl groups is 1. The van der Waals surface area contributed by atoms with E-state index in [1.165, 1.54) is 15.6 Å². The van der Waals surface area contributed by atoms with Crippen molar-refractivity contribution in [2.24, 2.45) is 11.8 Å². The largest absolute Gasteiger partial charge is 0.443 e. The van der Waals surface area contributed by atoms with Crippen LogP contribution in [0.4, 0.5) is 9.93 Å². The number of carbonyl (C=O) groups is 1. The molecule has 3 aromatic rings. The molecule has 2 aromatic carbocycles. The van der Waals surface area contributed by atoms with Gasteiger partial charge in [-0.25, -0.2) is 18.2 Å². The van der Waals surface area contributed by atoms with Crippen molar-refractivity contribution < 1.29 is 27.8 Å². The number of benzene rings is 2. The van der Waals surface area contributed by atoms with Crippen LogP contribution in [-0.2, 0) is 25.9 Å². The molecule has 5 rings (SSSR count). The summed E-state index contributed by atoms with van der Waals surface area (Å²) in [6.07, 6.45) is 1.26. The molecular formula is C33H47N5O6S2. The standard InChI is InChI=1S/C33H47N5O6S2/c1-22(2)19-38(46(41,42)24-13-14-26-31(18-24)45-32(35-26)34-15-16-37(3)4)20-28(39)27(17-23-9-6-5-7-10-23)36-33(40)44-30-21-43-29-12-8-11-25(29)30/h5-7,9-10,13-14,18,22,25,27-30,39H,8,11-12,15-17,19-21H2,1-4H3,(H,34,35)(H,36,40). The molecule has 2 heterocycles. The summed E-state index contributed by atoms with van der Waals surface area (Å²) in [7, 11) is -0.00321. The Hall–Kier alpha value is -2.81. The zero-order chi connectivity index (χ0) is 32.8. The molecule has 252 valence electrons. The molecule has 1 aromatic heterocycles. The van der Waals surface area contributed by atoms with Gasteiger partial charge in [-0.15, -0.1) is 0 Å². The number of rotatable bonds is 15. The van der Waals surface area contributed by atoms with Gasteiger partial charge in [-0.05, 0) is 63.0 Å². The number of hydrogen-bond acceptors (Lipinski definition) is 10. The highest BCUT2D eigenvalue weighted by Gasteiger charge is 2.43. The second kappa shape index (κ2) is 15.4. The van der Waals surface area contributed by atoms with Crippen LogP contribution in [0.2, 0.25) is 0 Å². The molecule has 5 unspecified atom stereocenters. The molecule has 0 bridgehead atoms. The van der Waals surface area contributed by atoms with Gasteiger partial charge >= 0.3 is 6.09 Å². The highest BCUT2D eigenvalue weighted by atomic mass is 32.2. The fraction of sp³-hybridized carbons (Fsp3) is 0.576. The number of alkyl carbamates (subject to hydrolysis) is 1. The molecule has 2 fully saturated rings. The van der Waals surface area contributed by atoms with Gasteiger partial charge in [-0.3, -0.25) is 0 Å². The minimum absolute atomic E-state index is 0.00571. The van der Waals surface area contributed by atoms with E-state index in [0.717, 1.165) is 47.7 Å². The molecule has 1 saturated carbocycles. The Morgan fingerprint density at radius 2 is 1.93 bits per heavy atom. The van der Waals surface area contributed by atoms with Crippen LogP contribution < -0.4 is 10.6 Å². The number of hydrogen-bond donors (Lipinski definition) is 3. The lowest BCUT2D eigenvalue weighted by atomic mass is 10.0. The van der Waals surface area contributed by atoms with Crippen LogP contribution in [-0.4, -0.2) is 105 Å². The molecule has 13 heteroatoms. The predicted molar refractivity (Wildman–Crippen MR) is 181 cm³/mol. The Balaban J connectivity index is 1.33. The molecule has 11 nitrogen and oxygen atoms in total. The molecular weight excluding hydrogens is 627 g/mol. The summed E-state index contributed by atoms with van der Waals surface area (Å²) in [5.41, 5.74) is 1.62. The van der Waals surface area contributed by atoms with E-state index in [2.05, 4.69) is 20.5 Å². The molecule has 2 aliphatic rings. The average Bonchev–Trinajstić information content (AvgIpc) is 3.73. The third kappa shape index (κ3) is 8.75. The normalized spacial score (nSPS) is 21.2. The zero-order valence-corrected chi connectivity index (χ0v) is 28.7. The molecule has 5 atom stereocenters. The molecule has 0 spiro atoms. The van der Waals surface area contributed by atoms with Crippen molar-refractivity contribution in [3.63, 3.8) is 0 Å². The van der Waals surface area contributed by atoms with Gasteiger partial charge in [-0.2, -0.15) is 4.31 Å². The van der Waals surface area contributed by atoms with E-state index < -0.39 is 28.3 Å². The van der Waals surface area contributed by atoms with Crippen molar-refractivity contribution in [1.82, 2.24) is 19.5 Å². The fourth-order valence-electron chi connectivity index (χ4n) is 6.22. The first kappa shape index (κ1) is 34.5. The number of sulfonamides is 1. The maximum absolute atomic E-state index is 14.1. The van der Waals surface area contributed by atoms with Crippen molar-refractivity contribution in [3.8, 4) is 0 Å². The van der Waals surface area contributed by atoms with E-state index in [-0.39, 0.29) is 42.0 Å². The van der Waals surface area contributed by atoms with Gasteiger partial charge in [0.2, 0.25) is 10.0 Å². The van der Waals surface area contributed by atoms with Crippen LogP contribution in [0.25, 0.3) is 10.2 Å². The average molecular weight is 674 g/mol. The lowest BCUT2D eigenvalue weighted by Crippen LogP contribution is -2.51. The van der Waals surface area contributed by atoms with Crippen LogP contribution in [0.15, 0.2) is 53.4 Å². The number of aromatic nitrogens is 1. The minimum atomic E-state index is -4.00. The molecule has 3 N–H and O–H groups in total. The van der Waals surface area contributed by atoms with E-state index in [1.54, 1.807) is 18.2 Å². The number of anilines is 1. The van der Waals surface area contributed by atoms with E-state index in [1.807, 2.05) is 58.3 Å². The van der Waals surface area contributed by atoms with Crippen molar-refractivity contribution >= 4 is 42.8 Å². The molecule has 0 radical (unpaired) electrons. The first-order valence-electron chi connectivity index (χ1n) is 16.1.